The van der Waals surface area contributed by atoms with Gasteiger partial charge in [0.15, 0.2) is 6.10 Å². The topological polar surface area (TPSA) is 78.9 Å². The van der Waals surface area contributed by atoms with Crippen LogP contribution in [0.4, 0.5) is 0 Å². The third kappa shape index (κ3) is 49.9. The SMILES string of the molecule is CC/C=C\C/C=C\C/C=C\CCCCCCCC(=O)OCC(COC(=O)CCCCCCCCCCCCCCCCCC)OC(=O)CCCCCCC/C=C\C/C=C\C/C=C\CC. The van der Waals surface area contributed by atoms with Gasteiger partial charge in [0, 0.05) is 19.3 Å². The average Bonchev–Trinajstić information content (AvgIpc) is 3.29. The monoisotopic (exact) mass is 893 g/mol. The van der Waals surface area contributed by atoms with Crippen LogP contribution in [0.1, 0.15) is 258 Å². The second-order valence-electron chi connectivity index (χ2n) is 17.7. The lowest BCUT2D eigenvalue weighted by atomic mass is 10.0. The lowest BCUT2D eigenvalue weighted by Crippen LogP contribution is -2.30. The summed E-state index contributed by atoms with van der Waals surface area (Å²) in [6, 6.07) is 0. The van der Waals surface area contributed by atoms with E-state index in [1.54, 1.807) is 0 Å². The van der Waals surface area contributed by atoms with Gasteiger partial charge in [-0.2, -0.15) is 0 Å². The Labute approximate surface area is 395 Å². The van der Waals surface area contributed by atoms with Crippen molar-refractivity contribution in [3.05, 3.63) is 72.9 Å². The summed E-state index contributed by atoms with van der Waals surface area (Å²) in [6.07, 6.45) is 66.0. The molecule has 0 saturated heterocycles. The quantitative estimate of drug-likeness (QED) is 0.0262. The zero-order valence-corrected chi connectivity index (χ0v) is 42.0. The van der Waals surface area contributed by atoms with E-state index in [0.29, 0.717) is 19.3 Å². The second kappa shape index (κ2) is 52.5. The summed E-state index contributed by atoms with van der Waals surface area (Å²) in [6.45, 7) is 6.40. The van der Waals surface area contributed by atoms with Crippen LogP contribution in [0.3, 0.4) is 0 Å². The summed E-state index contributed by atoms with van der Waals surface area (Å²) in [5.41, 5.74) is 0. The van der Waals surface area contributed by atoms with Crippen LogP contribution in [0.5, 0.6) is 0 Å². The summed E-state index contributed by atoms with van der Waals surface area (Å²) < 4.78 is 16.8. The Morgan fingerprint density at radius 1 is 0.328 bits per heavy atom. The first kappa shape index (κ1) is 60.9. The molecular weight excluding hydrogens is 793 g/mol. The molecule has 0 aromatic carbocycles. The molecular formula is C58H100O6. The van der Waals surface area contributed by atoms with E-state index in [1.807, 2.05) is 0 Å². The van der Waals surface area contributed by atoms with E-state index >= 15 is 0 Å². The van der Waals surface area contributed by atoms with Gasteiger partial charge in [-0.25, -0.2) is 0 Å². The third-order valence-corrected chi connectivity index (χ3v) is 11.5. The number of carbonyl (C=O) groups is 3. The van der Waals surface area contributed by atoms with Crippen molar-refractivity contribution in [2.75, 3.05) is 13.2 Å². The zero-order valence-electron chi connectivity index (χ0n) is 42.0. The Balaban J connectivity index is 4.42. The van der Waals surface area contributed by atoms with Gasteiger partial charge in [0.2, 0.25) is 0 Å². The highest BCUT2D eigenvalue weighted by Crippen LogP contribution is 2.15. The Hall–Kier alpha value is -3.15. The zero-order chi connectivity index (χ0) is 46.5. The molecule has 0 radical (unpaired) electrons. The molecule has 0 heterocycles. The van der Waals surface area contributed by atoms with Crippen LogP contribution in [0.15, 0.2) is 72.9 Å². The maximum Gasteiger partial charge on any atom is 0.306 e. The summed E-state index contributed by atoms with van der Waals surface area (Å²) >= 11 is 0. The van der Waals surface area contributed by atoms with Gasteiger partial charge >= 0.3 is 17.9 Å². The highest BCUT2D eigenvalue weighted by Gasteiger charge is 2.19. The molecule has 0 spiro atoms. The van der Waals surface area contributed by atoms with Crippen molar-refractivity contribution < 1.29 is 28.6 Å². The molecule has 0 saturated carbocycles. The van der Waals surface area contributed by atoms with E-state index in [2.05, 4.69) is 93.7 Å². The smallest absolute Gasteiger partial charge is 0.306 e. The number of allylic oxidation sites excluding steroid dienone is 12. The molecule has 368 valence electrons. The third-order valence-electron chi connectivity index (χ3n) is 11.5. The number of hydrogen-bond acceptors (Lipinski definition) is 6. The van der Waals surface area contributed by atoms with Crippen molar-refractivity contribution in [1.29, 1.82) is 0 Å². The van der Waals surface area contributed by atoms with Crippen LogP contribution in [0, 0.1) is 0 Å². The molecule has 0 aromatic heterocycles. The molecule has 6 nitrogen and oxygen atoms in total. The highest BCUT2D eigenvalue weighted by atomic mass is 16.6. The molecule has 1 unspecified atom stereocenters. The molecule has 0 fully saturated rings. The molecule has 0 aliphatic rings. The molecule has 0 N–H and O–H groups in total. The second-order valence-corrected chi connectivity index (χ2v) is 17.7. The fraction of sp³-hybridized carbons (Fsp3) is 0.741. The van der Waals surface area contributed by atoms with Gasteiger partial charge in [-0.05, 0) is 83.5 Å². The van der Waals surface area contributed by atoms with Gasteiger partial charge in [-0.1, -0.05) is 229 Å². The Bertz CT molecular complexity index is 1210. The predicted molar refractivity (Wildman–Crippen MR) is 274 cm³/mol. The van der Waals surface area contributed by atoms with Gasteiger partial charge in [0.1, 0.15) is 13.2 Å². The van der Waals surface area contributed by atoms with Crippen LogP contribution in [0.25, 0.3) is 0 Å². The molecule has 0 bridgehead atoms. The molecule has 6 heteroatoms. The van der Waals surface area contributed by atoms with E-state index in [9.17, 15) is 14.4 Å². The molecule has 0 rings (SSSR count). The standard InChI is InChI=1S/C58H100O6/c1-4-7-10-13-16-19-22-25-28-31-33-36-39-42-45-48-51-57(60)63-54-55(64-58(61)52-49-46-43-40-37-34-30-27-24-21-18-15-12-9-6-3)53-62-56(59)50-47-44-41-38-35-32-29-26-23-20-17-14-11-8-5-2/h8-9,11-12,17-18,20-21,26-27,29-30,55H,4-7,10,13-16,19,22-25,28,31-54H2,1-3H3/b11-8-,12-9-,20-17-,21-18-,29-26-,30-27-. The molecule has 0 aliphatic carbocycles. The Kier molecular flexibility index (Phi) is 49.9. The number of ether oxygens (including phenoxy) is 3. The van der Waals surface area contributed by atoms with Crippen molar-refractivity contribution in [3.8, 4) is 0 Å². The number of hydrogen-bond donors (Lipinski definition) is 0. The van der Waals surface area contributed by atoms with E-state index in [-0.39, 0.29) is 31.1 Å². The first-order chi connectivity index (χ1) is 31.5. The number of rotatable bonds is 48. The first-order valence-corrected chi connectivity index (χ1v) is 26.9. The number of esters is 3. The predicted octanol–water partition coefficient (Wildman–Crippen LogP) is 17.8. The summed E-state index contributed by atoms with van der Waals surface area (Å²) in [7, 11) is 0. The number of carbonyl (C=O) groups excluding carboxylic acids is 3. The maximum atomic E-state index is 12.8. The van der Waals surface area contributed by atoms with Crippen LogP contribution in [-0.4, -0.2) is 37.2 Å². The lowest BCUT2D eigenvalue weighted by molar-refractivity contribution is -0.167. The largest absolute Gasteiger partial charge is 0.462 e. The normalized spacial score (nSPS) is 12.6. The van der Waals surface area contributed by atoms with Crippen molar-refractivity contribution >= 4 is 17.9 Å². The summed E-state index contributed by atoms with van der Waals surface area (Å²) in [4.78, 5) is 38.1. The first-order valence-electron chi connectivity index (χ1n) is 26.9. The van der Waals surface area contributed by atoms with Crippen LogP contribution >= 0.6 is 0 Å². The van der Waals surface area contributed by atoms with Crippen molar-refractivity contribution in [2.45, 2.75) is 264 Å². The van der Waals surface area contributed by atoms with Crippen LogP contribution in [0.2, 0.25) is 0 Å². The van der Waals surface area contributed by atoms with Crippen molar-refractivity contribution in [2.24, 2.45) is 0 Å². The fourth-order valence-electron chi connectivity index (χ4n) is 7.47. The minimum Gasteiger partial charge on any atom is -0.462 e. The maximum absolute atomic E-state index is 12.8. The van der Waals surface area contributed by atoms with E-state index in [0.717, 1.165) is 135 Å². The summed E-state index contributed by atoms with van der Waals surface area (Å²) in [5, 5.41) is 0. The Morgan fingerprint density at radius 3 is 0.953 bits per heavy atom. The summed E-state index contributed by atoms with van der Waals surface area (Å²) in [5.74, 6) is -0.915. The molecule has 0 aromatic rings. The van der Waals surface area contributed by atoms with Gasteiger partial charge < -0.3 is 14.2 Å². The number of unbranched alkanes of at least 4 members (excludes halogenated alkanes) is 25. The highest BCUT2D eigenvalue weighted by molar-refractivity contribution is 5.71. The minimum atomic E-state index is -0.790. The van der Waals surface area contributed by atoms with Gasteiger partial charge in [0.05, 0.1) is 0 Å². The minimum absolute atomic E-state index is 0.0863. The fourth-order valence-corrected chi connectivity index (χ4v) is 7.47. The molecule has 0 aliphatic heterocycles. The van der Waals surface area contributed by atoms with E-state index in [4.69, 9.17) is 14.2 Å². The Morgan fingerprint density at radius 2 is 0.609 bits per heavy atom. The van der Waals surface area contributed by atoms with Gasteiger partial charge in [-0.15, -0.1) is 0 Å². The molecule has 0 amide bonds. The van der Waals surface area contributed by atoms with Crippen LogP contribution < -0.4 is 0 Å². The van der Waals surface area contributed by atoms with Crippen molar-refractivity contribution in [3.63, 3.8) is 0 Å². The molecule has 64 heavy (non-hydrogen) atoms. The molecule has 1 atom stereocenters. The van der Waals surface area contributed by atoms with E-state index in [1.165, 1.54) is 83.5 Å². The average molecular weight is 893 g/mol. The van der Waals surface area contributed by atoms with Gasteiger partial charge in [0.25, 0.3) is 0 Å². The van der Waals surface area contributed by atoms with Gasteiger partial charge in [-0.3, -0.25) is 14.4 Å². The van der Waals surface area contributed by atoms with E-state index < -0.39 is 6.10 Å². The van der Waals surface area contributed by atoms with Crippen molar-refractivity contribution in [1.82, 2.24) is 0 Å². The lowest BCUT2D eigenvalue weighted by Gasteiger charge is -2.18. The van der Waals surface area contributed by atoms with Crippen LogP contribution in [-0.2, 0) is 28.6 Å².